The van der Waals surface area contributed by atoms with Crippen molar-refractivity contribution < 1.29 is 23.8 Å². The zero-order valence-corrected chi connectivity index (χ0v) is 12.7. The van der Waals surface area contributed by atoms with Crippen molar-refractivity contribution in [1.82, 2.24) is 4.90 Å². The van der Waals surface area contributed by atoms with Crippen molar-refractivity contribution >= 4 is 12.1 Å². The molecular formula is C15H25NO5. The van der Waals surface area contributed by atoms with Crippen LogP contribution >= 0.6 is 0 Å². The quantitative estimate of drug-likeness (QED) is 0.741. The van der Waals surface area contributed by atoms with E-state index in [0.29, 0.717) is 26.3 Å². The van der Waals surface area contributed by atoms with Crippen LogP contribution < -0.4 is 0 Å². The maximum absolute atomic E-state index is 12.0. The van der Waals surface area contributed by atoms with Crippen LogP contribution in [0.1, 0.15) is 32.1 Å². The fourth-order valence-electron chi connectivity index (χ4n) is 3.08. The van der Waals surface area contributed by atoms with Gasteiger partial charge in [0.1, 0.15) is 6.61 Å². The summed E-state index contributed by atoms with van der Waals surface area (Å²) in [7, 11) is 1.39. The van der Waals surface area contributed by atoms with E-state index in [9.17, 15) is 9.59 Å². The summed E-state index contributed by atoms with van der Waals surface area (Å²) >= 11 is 0. The van der Waals surface area contributed by atoms with E-state index in [4.69, 9.17) is 14.2 Å². The lowest BCUT2D eigenvalue weighted by molar-refractivity contribution is -0.149. The molecule has 0 bridgehead atoms. The monoisotopic (exact) mass is 299 g/mol. The third-order valence-electron chi connectivity index (χ3n) is 4.38. The molecule has 0 aromatic carbocycles. The molecule has 2 rings (SSSR count). The van der Waals surface area contributed by atoms with Crippen molar-refractivity contribution in [2.75, 3.05) is 40.0 Å². The van der Waals surface area contributed by atoms with Gasteiger partial charge in [-0.2, -0.15) is 0 Å². The number of carbonyl (C=O) groups excluding carboxylic acids is 2. The molecule has 6 heteroatoms. The van der Waals surface area contributed by atoms with Gasteiger partial charge in [0.25, 0.3) is 0 Å². The molecule has 1 saturated heterocycles. The van der Waals surface area contributed by atoms with E-state index in [1.165, 1.54) is 13.5 Å². The maximum Gasteiger partial charge on any atom is 0.409 e. The zero-order valence-electron chi connectivity index (χ0n) is 12.7. The Bertz CT molecular complexity index is 348. The number of esters is 1. The summed E-state index contributed by atoms with van der Waals surface area (Å²) in [5.41, 5.74) is 0. The minimum Gasteiger partial charge on any atom is -0.469 e. The fraction of sp³-hybridized carbons (Fsp3) is 0.867. The average molecular weight is 299 g/mol. The van der Waals surface area contributed by atoms with Gasteiger partial charge in [-0.25, -0.2) is 4.79 Å². The number of carbonyl (C=O) groups is 2. The molecule has 2 aliphatic rings. The molecule has 0 aromatic rings. The van der Waals surface area contributed by atoms with Gasteiger partial charge in [-0.15, -0.1) is 0 Å². The highest BCUT2D eigenvalue weighted by Gasteiger charge is 2.32. The Balaban J connectivity index is 1.85. The Morgan fingerprint density at radius 2 is 1.86 bits per heavy atom. The molecule has 1 heterocycles. The second kappa shape index (κ2) is 8.22. The molecule has 1 unspecified atom stereocenters. The summed E-state index contributed by atoms with van der Waals surface area (Å²) in [6.07, 6.45) is 5.15. The number of nitrogens with zero attached hydrogens (tertiary/aromatic N) is 1. The first-order valence-electron chi connectivity index (χ1n) is 7.79. The van der Waals surface area contributed by atoms with Crippen LogP contribution in [-0.4, -0.2) is 57.0 Å². The van der Waals surface area contributed by atoms with Gasteiger partial charge in [-0.05, 0) is 18.8 Å². The molecule has 0 spiro atoms. The number of ether oxygens (including phenoxy) is 3. The Labute approximate surface area is 125 Å². The Morgan fingerprint density at radius 3 is 2.48 bits per heavy atom. The molecule has 0 aromatic heterocycles. The normalized spacial score (nSPS) is 21.7. The lowest BCUT2D eigenvalue weighted by atomic mass is 9.80. The second-order valence-electron chi connectivity index (χ2n) is 5.70. The highest BCUT2D eigenvalue weighted by atomic mass is 16.6. The molecule has 1 aliphatic carbocycles. The number of morpholine rings is 1. The molecule has 0 radical (unpaired) electrons. The first-order valence-corrected chi connectivity index (χ1v) is 7.79. The lowest BCUT2D eigenvalue weighted by Crippen LogP contribution is -2.42. The number of methoxy groups -OCH3 is 1. The van der Waals surface area contributed by atoms with Crippen molar-refractivity contribution in [3.8, 4) is 0 Å². The van der Waals surface area contributed by atoms with E-state index < -0.39 is 0 Å². The van der Waals surface area contributed by atoms with Crippen molar-refractivity contribution in [2.24, 2.45) is 11.8 Å². The summed E-state index contributed by atoms with van der Waals surface area (Å²) < 4.78 is 15.4. The van der Waals surface area contributed by atoms with Crippen LogP contribution in [0, 0.1) is 11.8 Å². The van der Waals surface area contributed by atoms with E-state index in [1.54, 1.807) is 4.90 Å². The highest BCUT2D eigenvalue weighted by Crippen LogP contribution is 2.31. The third-order valence-corrected chi connectivity index (χ3v) is 4.38. The minimum atomic E-state index is -0.358. The summed E-state index contributed by atoms with van der Waals surface area (Å²) in [6, 6.07) is 0. The molecule has 0 N–H and O–H groups in total. The van der Waals surface area contributed by atoms with Gasteiger partial charge in [-0.3, -0.25) is 4.79 Å². The second-order valence-corrected chi connectivity index (χ2v) is 5.70. The lowest BCUT2D eigenvalue weighted by Gasteiger charge is -2.30. The molecule has 1 saturated carbocycles. The van der Waals surface area contributed by atoms with E-state index in [-0.39, 0.29) is 30.5 Å². The fourth-order valence-corrected chi connectivity index (χ4v) is 3.08. The molecule has 21 heavy (non-hydrogen) atoms. The maximum atomic E-state index is 12.0. The van der Waals surface area contributed by atoms with Crippen molar-refractivity contribution in [3.05, 3.63) is 0 Å². The van der Waals surface area contributed by atoms with Gasteiger partial charge in [0, 0.05) is 13.1 Å². The zero-order chi connectivity index (χ0) is 15.1. The van der Waals surface area contributed by atoms with Gasteiger partial charge in [-0.1, -0.05) is 19.3 Å². The van der Waals surface area contributed by atoms with Crippen molar-refractivity contribution in [1.29, 1.82) is 0 Å². The van der Waals surface area contributed by atoms with E-state index in [0.717, 1.165) is 25.7 Å². The third kappa shape index (κ3) is 4.59. The van der Waals surface area contributed by atoms with Crippen LogP contribution in [0.4, 0.5) is 4.79 Å². The molecule has 1 aliphatic heterocycles. The number of hydrogen-bond donors (Lipinski definition) is 0. The van der Waals surface area contributed by atoms with E-state index >= 15 is 0 Å². The molecular weight excluding hydrogens is 274 g/mol. The molecule has 1 atom stereocenters. The summed E-state index contributed by atoms with van der Waals surface area (Å²) in [5, 5.41) is 0. The standard InChI is InChI=1S/C15H25NO5/c1-19-14(17)13(12-5-3-2-4-6-12)11-21-15(18)16-7-9-20-10-8-16/h12-13H,2-11H2,1H3. The average Bonchev–Trinajstić information content (AvgIpc) is 2.56. The summed E-state index contributed by atoms with van der Waals surface area (Å²) in [4.78, 5) is 25.6. The van der Waals surface area contributed by atoms with Gasteiger partial charge >= 0.3 is 12.1 Å². The van der Waals surface area contributed by atoms with Crippen molar-refractivity contribution in [2.45, 2.75) is 32.1 Å². The summed E-state index contributed by atoms with van der Waals surface area (Å²) in [5.74, 6) is -0.333. The Kier molecular flexibility index (Phi) is 6.29. The van der Waals surface area contributed by atoms with Crippen LogP contribution in [-0.2, 0) is 19.0 Å². The highest BCUT2D eigenvalue weighted by molar-refractivity contribution is 5.74. The largest absolute Gasteiger partial charge is 0.469 e. The first-order chi connectivity index (χ1) is 10.2. The smallest absolute Gasteiger partial charge is 0.409 e. The van der Waals surface area contributed by atoms with Crippen LogP contribution in [0.2, 0.25) is 0 Å². The molecule has 120 valence electrons. The number of rotatable bonds is 4. The first kappa shape index (κ1) is 16.1. The minimum absolute atomic E-state index is 0.119. The van der Waals surface area contributed by atoms with Gasteiger partial charge in [0.2, 0.25) is 0 Å². The number of amides is 1. The molecule has 1 amide bonds. The predicted octanol–water partition coefficient (Wildman–Crippen LogP) is 1.82. The van der Waals surface area contributed by atoms with Crippen molar-refractivity contribution in [3.63, 3.8) is 0 Å². The Morgan fingerprint density at radius 1 is 1.19 bits per heavy atom. The van der Waals surface area contributed by atoms with Crippen LogP contribution in [0.15, 0.2) is 0 Å². The summed E-state index contributed by atoms with van der Waals surface area (Å²) in [6.45, 7) is 2.29. The molecule has 6 nitrogen and oxygen atoms in total. The molecule has 2 fully saturated rings. The van der Waals surface area contributed by atoms with Crippen LogP contribution in [0.3, 0.4) is 0 Å². The predicted molar refractivity (Wildman–Crippen MR) is 75.8 cm³/mol. The van der Waals surface area contributed by atoms with Crippen LogP contribution in [0.5, 0.6) is 0 Å². The van der Waals surface area contributed by atoms with Gasteiger partial charge in [0.05, 0.1) is 26.2 Å². The van der Waals surface area contributed by atoms with Crippen LogP contribution in [0.25, 0.3) is 0 Å². The van der Waals surface area contributed by atoms with E-state index in [2.05, 4.69) is 0 Å². The van der Waals surface area contributed by atoms with Gasteiger partial charge in [0.15, 0.2) is 0 Å². The SMILES string of the molecule is COC(=O)C(COC(=O)N1CCOCC1)C1CCCCC1. The van der Waals surface area contributed by atoms with Gasteiger partial charge < -0.3 is 19.1 Å². The number of hydrogen-bond acceptors (Lipinski definition) is 5. The topological polar surface area (TPSA) is 65.1 Å². The van der Waals surface area contributed by atoms with E-state index in [1.807, 2.05) is 0 Å². The Hall–Kier alpha value is -1.30.